The number of aromatic nitrogens is 3. The van der Waals surface area contributed by atoms with Crippen molar-refractivity contribution in [2.24, 2.45) is 0 Å². The number of pyridine rings is 1. The summed E-state index contributed by atoms with van der Waals surface area (Å²) in [5.74, 6) is -2.01. The molecule has 0 aliphatic rings. The largest absolute Gasteiger partial charge is 0.476 e. The van der Waals surface area contributed by atoms with Crippen molar-refractivity contribution < 1.29 is 23.1 Å². The van der Waals surface area contributed by atoms with Crippen LogP contribution in [0, 0.1) is 0 Å². The van der Waals surface area contributed by atoms with Gasteiger partial charge in [0.2, 0.25) is 5.95 Å². The third kappa shape index (κ3) is 2.83. The second-order valence-electron chi connectivity index (χ2n) is 3.93. The van der Waals surface area contributed by atoms with Crippen LogP contribution in [-0.2, 0) is 6.18 Å². The van der Waals surface area contributed by atoms with Crippen LogP contribution < -0.4 is 11.5 Å². The molecular weight excluding hydrogens is 291 g/mol. The number of carboxylic acid groups (broad SMARTS) is 1. The Bertz CT molecular complexity index is 717. The minimum atomic E-state index is -4.79. The van der Waals surface area contributed by atoms with Gasteiger partial charge >= 0.3 is 12.1 Å². The number of anilines is 2. The minimum Gasteiger partial charge on any atom is -0.476 e. The van der Waals surface area contributed by atoms with Crippen molar-refractivity contribution in [2.75, 3.05) is 11.5 Å². The van der Waals surface area contributed by atoms with Crippen LogP contribution in [0.3, 0.4) is 0 Å². The molecule has 0 aromatic carbocycles. The summed E-state index contributed by atoms with van der Waals surface area (Å²) in [6.45, 7) is 0. The van der Waals surface area contributed by atoms with Gasteiger partial charge in [0.1, 0.15) is 0 Å². The van der Waals surface area contributed by atoms with Gasteiger partial charge < -0.3 is 16.6 Å². The minimum absolute atomic E-state index is 0.170. The predicted octanol–water partition coefficient (Wildman–Crippen LogP) is 1.42. The summed E-state index contributed by atoms with van der Waals surface area (Å²) >= 11 is 0. The fourth-order valence-electron chi connectivity index (χ4n) is 1.59. The van der Waals surface area contributed by atoms with Crippen LogP contribution in [0.25, 0.3) is 11.3 Å². The number of aromatic carboxylic acids is 1. The lowest BCUT2D eigenvalue weighted by Crippen LogP contribution is -2.14. The zero-order valence-corrected chi connectivity index (χ0v) is 10.2. The number of carboxylic acids is 1. The number of rotatable bonds is 2. The smallest absolute Gasteiger partial charge is 0.434 e. The van der Waals surface area contributed by atoms with E-state index in [1.54, 1.807) is 0 Å². The molecule has 0 bridgehead atoms. The van der Waals surface area contributed by atoms with Crippen LogP contribution in [0.5, 0.6) is 0 Å². The first-order chi connectivity index (χ1) is 9.70. The molecule has 0 atom stereocenters. The number of alkyl halides is 3. The Morgan fingerprint density at radius 3 is 2.43 bits per heavy atom. The summed E-state index contributed by atoms with van der Waals surface area (Å²) in [5, 5.41) is 8.89. The molecule has 0 unspecified atom stereocenters. The summed E-state index contributed by atoms with van der Waals surface area (Å²) < 4.78 is 38.8. The Morgan fingerprint density at radius 2 is 1.86 bits per heavy atom. The third-order valence-corrected chi connectivity index (χ3v) is 2.48. The van der Waals surface area contributed by atoms with Gasteiger partial charge in [-0.15, -0.1) is 0 Å². The number of hydrogen-bond donors (Lipinski definition) is 3. The van der Waals surface area contributed by atoms with Gasteiger partial charge in [0, 0.05) is 11.8 Å². The number of nitrogens with zero attached hydrogens (tertiary/aromatic N) is 3. The van der Waals surface area contributed by atoms with Crippen LogP contribution in [0.15, 0.2) is 18.3 Å². The molecule has 21 heavy (non-hydrogen) atoms. The highest BCUT2D eigenvalue weighted by Gasteiger charge is 2.37. The maximum atomic E-state index is 12.9. The van der Waals surface area contributed by atoms with Crippen LogP contribution >= 0.6 is 0 Å². The highest BCUT2D eigenvalue weighted by molar-refractivity contribution is 5.92. The number of hydrogen-bond acceptors (Lipinski definition) is 6. The van der Waals surface area contributed by atoms with E-state index in [1.165, 1.54) is 0 Å². The Hall–Kier alpha value is -2.91. The summed E-state index contributed by atoms with van der Waals surface area (Å²) in [6.07, 6.45) is -3.96. The molecule has 110 valence electrons. The second-order valence-corrected chi connectivity index (χ2v) is 3.93. The molecule has 0 amide bonds. The van der Waals surface area contributed by atoms with E-state index in [9.17, 15) is 18.0 Å². The first-order valence-electron chi connectivity index (χ1n) is 5.40. The molecule has 0 aliphatic heterocycles. The van der Waals surface area contributed by atoms with Crippen molar-refractivity contribution in [3.05, 3.63) is 29.7 Å². The van der Waals surface area contributed by atoms with Gasteiger partial charge in [-0.1, -0.05) is 0 Å². The Morgan fingerprint density at radius 1 is 1.19 bits per heavy atom. The van der Waals surface area contributed by atoms with Gasteiger partial charge in [-0.25, -0.2) is 19.7 Å². The normalized spacial score (nSPS) is 11.4. The molecule has 5 N–H and O–H groups in total. The third-order valence-electron chi connectivity index (χ3n) is 2.48. The second kappa shape index (κ2) is 4.89. The lowest BCUT2D eigenvalue weighted by Gasteiger charge is -2.12. The van der Waals surface area contributed by atoms with Crippen molar-refractivity contribution in [2.45, 2.75) is 6.18 Å². The van der Waals surface area contributed by atoms with Crippen LogP contribution in [0.4, 0.5) is 24.8 Å². The maximum absolute atomic E-state index is 12.9. The van der Waals surface area contributed by atoms with Crippen molar-refractivity contribution in [3.8, 4) is 11.3 Å². The maximum Gasteiger partial charge on any atom is 0.434 e. The van der Waals surface area contributed by atoms with E-state index in [0.29, 0.717) is 0 Å². The number of nitrogen functional groups attached to an aromatic ring is 2. The molecular formula is C11H8F3N5O2. The fourth-order valence-corrected chi connectivity index (χ4v) is 1.59. The summed E-state index contributed by atoms with van der Waals surface area (Å²) in [5.41, 5.74) is 7.76. The van der Waals surface area contributed by atoms with Crippen LogP contribution in [0.1, 0.15) is 16.2 Å². The Balaban J connectivity index is 2.68. The number of nitrogens with two attached hydrogens (primary N) is 2. The van der Waals surface area contributed by atoms with Gasteiger partial charge in [-0.2, -0.15) is 13.2 Å². The van der Waals surface area contributed by atoms with Crippen molar-refractivity contribution in [3.63, 3.8) is 0 Å². The molecule has 0 fully saturated rings. The van der Waals surface area contributed by atoms with E-state index in [-0.39, 0.29) is 11.4 Å². The summed E-state index contributed by atoms with van der Waals surface area (Å²) in [6, 6.07) is 2.29. The van der Waals surface area contributed by atoms with Crippen molar-refractivity contribution in [1.29, 1.82) is 0 Å². The highest BCUT2D eigenvalue weighted by atomic mass is 19.4. The number of halogens is 3. The summed E-state index contributed by atoms with van der Waals surface area (Å²) in [4.78, 5) is 21.1. The zero-order chi connectivity index (χ0) is 15.8. The highest BCUT2D eigenvalue weighted by Crippen LogP contribution is 2.35. The first kappa shape index (κ1) is 14.5. The molecule has 0 saturated carbocycles. The molecule has 10 heteroatoms. The van der Waals surface area contributed by atoms with Crippen molar-refractivity contribution >= 4 is 17.6 Å². The monoisotopic (exact) mass is 299 g/mol. The van der Waals surface area contributed by atoms with Gasteiger partial charge in [0.25, 0.3) is 0 Å². The van der Waals surface area contributed by atoms with E-state index in [1.807, 2.05) is 0 Å². The first-order valence-corrected chi connectivity index (χ1v) is 5.40. The van der Waals surface area contributed by atoms with E-state index in [4.69, 9.17) is 16.6 Å². The average Bonchev–Trinajstić information content (AvgIpc) is 2.38. The molecule has 7 nitrogen and oxygen atoms in total. The van der Waals surface area contributed by atoms with E-state index < -0.39 is 35.0 Å². The van der Waals surface area contributed by atoms with E-state index in [2.05, 4.69) is 15.0 Å². The molecule has 2 aromatic heterocycles. The molecule has 0 spiro atoms. The topological polar surface area (TPSA) is 128 Å². The van der Waals surface area contributed by atoms with Gasteiger partial charge in [0.15, 0.2) is 11.4 Å². The van der Waals surface area contributed by atoms with E-state index in [0.717, 1.165) is 18.3 Å². The molecule has 2 aromatic rings. The Labute approximate surface area is 115 Å². The van der Waals surface area contributed by atoms with Crippen LogP contribution in [0.2, 0.25) is 0 Å². The molecule has 0 saturated heterocycles. The van der Waals surface area contributed by atoms with Crippen LogP contribution in [-0.4, -0.2) is 26.0 Å². The van der Waals surface area contributed by atoms with Gasteiger partial charge in [-0.3, -0.25) is 0 Å². The lowest BCUT2D eigenvalue weighted by atomic mass is 10.1. The van der Waals surface area contributed by atoms with E-state index >= 15 is 0 Å². The zero-order valence-electron chi connectivity index (χ0n) is 10.2. The summed E-state index contributed by atoms with van der Waals surface area (Å²) in [7, 11) is 0. The SMILES string of the molecule is Nc1ncc(-c2ccc(N)c(C(=O)O)n2)c(C(F)(F)F)n1. The molecule has 0 radical (unpaired) electrons. The van der Waals surface area contributed by atoms with Gasteiger partial charge in [-0.05, 0) is 12.1 Å². The molecule has 2 heterocycles. The Kier molecular flexibility index (Phi) is 3.37. The molecule has 2 rings (SSSR count). The van der Waals surface area contributed by atoms with Crippen molar-refractivity contribution in [1.82, 2.24) is 15.0 Å². The number of carbonyl (C=O) groups is 1. The fraction of sp³-hybridized carbons (Fsp3) is 0.0909. The average molecular weight is 299 g/mol. The standard InChI is InChI=1S/C11H8F3N5O2/c12-11(13,14)8-4(3-17-10(16)19-8)6-2-1-5(15)7(18-6)9(20)21/h1-3H,15H2,(H,20,21)(H2,16,17,19). The van der Waals surface area contributed by atoms with Gasteiger partial charge in [0.05, 0.1) is 11.4 Å². The quantitative estimate of drug-likeness (QED) is 0.764. The molecule has 0 aliphatic carbocycles. The predicted molar refractivity (Wildman–Crippen MR) is 66.0 cm³/mol. The lowest BCUT2D eigenvalue weighted by molar-refractivity contribution is -0.140.